The van der Waals surface area contributed by atoms with E-state index in [-0.39, 0.29) is 27.7 Å². The van der Waals surface area contributed by atoms with Gasteiger partial charge in [0.2, 0.25) is 15.7 Å². The molecule has 0 spiro atoms. The predicted molar refractivity (Wildman–Crippen MR) is 113 cm³/mol. The normalized spacial score (nSPS) is 24.6. The van der Waals surface area contributed by atoms with Gasteiger partial charge in [-0.05, 0) is 68.1 Å². The summed E-state index contributed by atoms with van der Waals surface area (Å²) in [5.74, 6) is -0.197. The van der Waals surface area contributed by atoms with E-state index in [1.54, 1.807) is 41.3 Å². The van der Waals surface area contributed by atoms with Crippen LogP contribution in [0.2, 0.25) is 0 Å². The van der Waals surface area contributed by atoms with Crippen LogP contribution in [0.5, 0.6) is 0 Å². The van der Waals surface area contributed by atoms with Crippen LogP contribution in [-0.2, 0) is 25.8 Å². The summed E-state index contributed by atoms with van der Waals surface area (Å²) in [7, 11) is -3.73. The van der Waals surface area contributed by atoms with Crippen LogP contribution in [0.25, 0.3) is 0 Å². The van der Waals surface area contributed by atoms with Crippen LogP contribution in [0, 0.1) is 0 Å². The summed E-state index contributed by atoms with van der Waals surface area (Å²) in [4.78, 5) is 14.2. The van der Waals surface area contributed by atoms with Gasteiger partial charge in [0.1, 0.15) is 0 Å². The number of carbonyl (C=O) groups excluding carboxylic acids is 1. The van der Waals surface area contributed by atoms with E-state index in [2.05, 4.69) is 0 Å². The molecular weight excluding hydrogens is 402 g/mol. The molecule has 1 fully saturated rings. The van der Waals surface area contributed by atoms with Crippen LogP contribution in [0.1, 0.15) is 43.7 Å². The Kier molecular flexibility index (Phi) is 5.70. The van der Waals surface area contributed by atoms with Gasteiger partial charge in [0.15, 0.2) is 0 Å². The van der Waals surface area contributed by atoms with Gasteiger partial charge in [0, 0.05) is 31.2 Å². The molecule has 0 saturated carbocycles. The van der Waals surface area contributed by atoms with Gasteiger partial charge < -0.3 is 14.7 Å². The highest BCUT2D eigenvalue weighted by Crippen LogP contribution is 2.35. The fourth-order valence-corrected chi connectivity index (χ4v) is 5.90. The van der Waals surface area contributed by atoms with E-state index < -0.39 is 15.9 Å². The van der Waals surface area contributed by atoms with E-state index in [0.717, 1.165) is 16.8 Å². The summed E-state index contributed by atoms with van der Waals surface area (Å²) in [6.07, 6.45) is 0.707. The van der Waals surface area contributed by atoms with Crippen LogP contribution in [0.15, 0.2) is 52.3 Å². The first-order chi connectivity index (χ1) is 14.3. The molecule has 160 valence electrons. The quantitative estimate of drug-likeness (QED) is 0.808. The number of fused-ring (bicyclic) bond motifs is 1. The van der Waals surface area contributed by atoms with Gasteiger partial charge in [0.05, 0.1) is 22.0 Å². The number of ether oxygens (including phenoxy) is 1. The molecule has 0 radical (unpaired) electrons. The van der Waals surface area contributed by atoms with Crippen molar-refractivity contribution in [3.63, 3.8) is 0 Å². The molecule has 0 aliphatic carbocycles. The Morgan fingerprint density at radius 2 is 1.90 bits per heavy atom. The molecule has 0 bridgehead atoms. The van der Waals surface area contributed by atoms with Gasteiger partial charge in [0.25, 0.3) is 0 Å². The third kappa shape index (κ3) is 3.66. The lowest BCUT2D eigenvalue weighted by molar-refractivity contribution is -0.118. The minimum absolute atomic E-state index is 0.0655. The largest absolute Gasteiger partial charge is 0.392 e. The number of hydrogen-bond acceptors (Lipinski definition) is 5. The number of aliphatic hydroxyl groups is 1. The summed E-state index contributed by atoms with van der Waals surface area (Å²) in [5.41, 5.74) is 2.42. The Labute approximate surface area is 177 Å². The summed E-state index contributed by atoms with van der Waals surface area (Å²) >= 11 is 0. The number of amides is 1. The molecule has 0 aromatic heterocycles. The summed E-state index contributed by atoms with van der Waals surface area (Å²) < 4.78 is 32.4. The van der Waals surface area contributed by atoms with Crippen LogP contribution in [0.4, 0.5) is 5.69 Å². The fourth-order valence-electron chi connectivity index (χ4n) is 4.54. The number of hydrogen-bond donors (Lipinski definition) is 1. The molecule has 30 heavy (non-hydrogen) atoms. The Morgan fingerprint density at radius 3 is 2.63 bits per heavy atom. The van der Waals surface area contributed by atoms with Crippen molar-refractivity contribution in [2.24, 2.45) is 0 Å². The number of aryl methyl sites for hydroxylation is 1. The van der Waals surface area contributed by atoms with Gasteiger partial charge in [-0.25, -0.2) is 8.42 Å². The highest BCUT2D eigenvalue weighted by atomic mass is 32.2. The van der Waals surface area contributed by atoms with Gasteiger partial charge in [-0.3, -0.25) is 4.79 Å². The van der Waals surface area contributed by atoms with Crippen LogP contribution < -0.4 is 4.90 Å². The summed E-state index contributed by atoms with van der Waals surface area (Å²) in [5, 5.41) is 10.4. The molecule has 1 N–H and O–H groups in total. The molecule has 7 heteroatoms. The van der Waals surface area contributed by atoms with E-state index >= 15 is 0 Å². The van der Waals surface area contributed by atoms with Gasteiger partial charge in [-0.1, -0.05) is 12.1 Å². The lowest BCUT2D eigenvalue weighted by Gasteiger charge is -2.34. The third-order valence-electron chi connectivity index (χ3n) is 6.15. The minimum atomic E-state index is -3.73. The molecule has 2 aromatic carbocycles. The number of rotatable bonds is 4. The highest BCUT2D eigenvalue weighted by Gasteiger charge is 2.32. The van der Waals surface area contributed by atoms with Crippen molar-refractivity contribution in [1.29, 1.82) is 0 Å². The second-order valence-electron chi connectivity index (χ2n) is 7.96. The van der Waals surface area contributed by atoms with E-state index in [9.17, 15) is 18.3 Å². The molecule has 2 aliphatic rings. The van der Waals surface area contributed by atoms with E-state index in [4.69, 9.17) is 4.74 Å². The van der Waals surface area contributed by atoms with Crippen molar-refractivity contribution in [2.75, 3.05) is 18.1 Å². The average Bonchev–Trinajstić information content (AvgIpc) is 2.73. The Hall–Kier alpha value is -2.22. The number of nitrogens with zero attached hydrogens (tertiary/aromatic N) is 1. The Balaban J connectivity index is 1.70. The van der Waals surface area contributed by atoms with Crippen molar-refractivity contribution < 1.29 is 23.1 Å². The van der Waals surface area contributed by atoms with E-state index in [1.165, 1.54) is 0 Å². The Bertz CT molecular complexity index is 1060. The molecule has 2 aliphatic heterocycles. The second kappa shape index (κ2) is 8.13. The summed E-state index contributed by atoms with van der Waals surface area (Å²) in [6.45, 7) is 4.87. The molecule has 4 rings (SSSR count). The molecular formula is C23H27NO5S. The molecule has 2 aromatic rings. The van der Waals surface area contributed by atoms with Crippen LogP contribution >= 0.6 is 0 Å². The van der Waals surface area contributed by atoms with Crippen molar-refractivity contribution in [3.8, 4) is 0 Å². The number of anilines is 1. The van der Waals surface area contributed by atoms with Gasteiger partial charge in [-0.15, -0.1) is 0 Å². The topological polar surface area (TPSA) is 83.9 Å². The standard InChI is InChI=1S/C23H27NO5S/c1-3-24-20-9-8-19(13-16(20)7-10-22(24)26)30(27,28)18-6-4-5-17(14-18)23-15(2)29-12-11-21(23)25/h4-6,8-9,13-15,21,23,25H,3,7,10-12H2,1-2H3. The lowest BCUT2D eigenvalue weighted by atomic mass is 9.86. The predicted octanol–water partition coefficient (Wildman–Crippen LogP) is 3.07. The lowest BCUT2D eigenvalue weighted by Crippen LogP contribution is -2.36. The molecule has 3 unspecified atom stereocenters. The van der Waals surface area contributed by atoms with Gasteiger partial charge >= 0.3 is 0 Å². The Morgan fingerprint density at radius 1 is 1.13 bits per heavy atom. The SMILES string of the molecule is CCN1C(=O)CCc2cc(S(=O)(=O)c3cccc(C4C(O)CCOC4C)c3)ccc21. The highest BCUT2D eigenvalue weighted by molar-refractivity contribution is 7.91. The smallest absolute Gasteiger partial charge is 0.227 e. The van der Waals surface area contributed by atoms with Crippen molar-refractivity contribution >= 4 is 21.4 Å². The first kappa shape index (κ1) is 21.0. The number of benzene rings is 2. The zero-order valence-corrected chi connectivity index (χ0v) is 18.1. The molecule has 2 heterocycles. The molecule has 6 nitrogen and oxygen atoms in total. The first-order valence-corrected chi connectivity index (χ1v) is 11.9. The number of carbonyl (C=O) groups is 1. The van der Waals surface area contributed by atoms with Gasteiger partial charge in [-0.2, -0.15) is 0 Å². The summed E-state index contributed by atoms with van der Waals surface area (Å²) in [6, 6.07) is 11.8. The van der Waals surface area contributed by atoms with Crippen molar-refractivity contribution in [3.05, 3.63) is 53.6 Å². The van der Waals surface area contributed by atoms with Crippen molar-refractivity contribution in [1.82, 2.24) is 0 Å². The number of aliphatic hydroxyl groups excluding tert-OH is 1. The maximum atomic E-state index is 13.4. The van der Waals surface area contributed by atoms with E-state index in [0.29, 0.717) is 32.4 Å². The average molecular weight is 430 g/mol. The third-order valence-corrected chi connectivity index (χ3v) is 7.89. The molecule has 1 amide bonds. The number of sulfone groups is 1. The first-order valence-electron chi connectivity index (χ1n) is 10.4. The maximum absolute atomic E-state index is 13.4. The maximum Gasteiger partial charge on any atom is 0.227 e. The van der Waals surface area contributed by atoms with Crippen LogP contribution in [0.3, 0.4) is 0 Å². The minimum Gasteiger partial charge on any atom is -0.392 e. The molecule has 3 atom stereocenters. The molecule has 1 saturated heterocycles. The fraction of sp³-hybridized carbons (Fsp3) is 0.435. The van der Waals surface area contributed by atoms with Crippen LogP contribution in [-0.4, -0.2) is 44.8 Å². The second-order valence-corrected chi connectivity index (χ2v) is 9.91. The zero-order valence-electron chi connectivity index (χ0n) is 17.2. The zero-order chi connectivity index (χ0) is 21.5. The van der Waals surface area contributed by atoms with Crippen molar-refractivity contribution in [2.45, 2.75) is 61.0 Å². The van der Waals surface area contributed by atoms with E-state index in [1.807, 2.05) is 19.9 Å². The monoisotopic (exact) mass is 429 g/mol.